The fourth-order valence-electron chi connectivity index (χ4n) is 5.37. The van der Waals surface area contributed by atoms with Crippen molar-refractivity contribution in [1.82, 2.24) is 14.9 Å². The first-order valence-corrected chi connectivity index (χ1v) is 14.9. The maximum atomic E-state index is 14.2. The summed E-state index contributed by atoms with van der Waals surface area (Å²) in [5, 5.41) is 5.83. The number of benzene rings is 3. The van der Waals surface area contributed by atoms with Crippen molar-refractivity contribution in [2.45, 2.75) is 12.7 Å². The molecule has 14 heteroatoms. The van der Waals surface area contributed by atoms with E-state index in [1.54, 1.807) is 23.2 Å². The highest BCUT2D eigenvalue weighted by atomic mass is 19.4. The first kappa shape index (κ1) is 31.8. The van der Waals surface area contributed by atoms with Gasteiger partial charge in [-0.2, -0.15) is 18.2 Å². The second-order valence-electron chi connectivity index (χ2n) is 11.0. The normalized spacial score (nSPS) is 15.3. The lowest BCUT2D eigenvalue weighted by Gasteiger charge is -2.37. The number of aromatic nitrogens is 2. The third kappa shape index (κ3) is 7.45. The summed E-state index contributed by atoms with van der Waals surface area (Å²) >= 11 is 0. The van der Waals surface area contributed by atoms with Gasteiger partial charge in [-0.15, -0.1) is 0 Å². The molecule has 0 unspecified atom stereocenters. The zero-order chi connectivity index (χ0) is 33.0. The largest absolute Gasteiger partial charge is 0.497 e. The summed E-state index contributed by atoms with van der Waals surface area (Å²) in [6, 6.07) is 18.0. The molecule has 11 nitrogen and oxygen atoms in total. The van der Waals surface area contributed by atoms with E-state index in [9.17, 15) is 22.8 Å². The van der Waals surface area contributed by atoms with Gasteiger partial charge in [0.05, 0.1) is 38.1 Å². The lowest BCUT2D eigenvalue weighted by atomic mass is 10.1. The Balaban J connectivity index is 1.30. The van der Waals surface area contributed by atoms with Crippen molar-refractivity contribution < 1.29 is 32.2 Å². The number of rotatable bonds is 9. The molecule has 1 aromatic heterocycles. The standard InChI is InChI=1S/C33H32F3N7O4/c1-46-28-18-26(38-30(44)22-6-5-7-24(16-22)33(34,35)36)17-27(19-28)43-21-23-20-37-31(39-25-8-3-2-4-9-25)40-29(23)42(32(43)45)11-10-41-12-14-47-15-13-41/h2-9,16-20H,10-15,21H2,1H3,(H,38,44)(H,37,39,40). The van der Waals surface area contributed by atoms with Crippen LogP contribution in [0.5, 0.6) is 5.75 Å². The van der Waals surface area contributed by atoms with Crippen LogP contribution in [0.2, 0.25) is 0 Å². The number of fused-ring (bicyclic) bond motifs is 1. The summed E-state index contributed by atoms with van der Waals surface area (Å²) in [7, 11) is 1.44. The van der Waals surface area contributed by atoms with Gasteiger partial charge in [0.15, 0.2) is 0 Å². The van der Waals surface area contributed by atoms with Gasteiger partial charge in [-0.25, -0.2) is 9.78 Å². The molecule has 1 fully saturated rings. The average Bonchev–Trinajstić information content (AvgIpc) is 3.08. The number of alkyl halides is 3. The summed E-state index contributed by atoms with van der Waals surface area (Å²) in [5.41, 5.74) is 1.03. The summed E-state index contributed by atoms with van der Waals surface area (Å²) < 4.78 is 50.7. The molecule has 6 rings (SSSR count). The number of amides is 3. The zero-order valence-corrected chi connectivity index (χ0v) is 25.5. The molecule has 2 N–H and O–H groups in total. The number of anilines is 5. The van der Waals surface area contributed by atoms with Crippen LogP contribution in [0.3, 0.4) is 0 Å². The molecule has 3 heterocycles. The minimum Gasteiger partial charge on any atom is -0.497 e. The van der Waals surface area contributed by atoms with Gasteiger partial charge in [-0.3, -0.25) is 19.5 Å². The zero-order valence-electron chi connectivity index (χ0n) is 25.5. The van der Waals surface area contributed by atoms with Crippen LogP contribution in [-0.4, -0.2) is 73.3 Å². The van der Waals surface area contributed by atoms with Crippen molar-refractivity contribution in [2.75, 3.05) is 66.9 Å². The molecule has 0 radical (unpaired) electrons. The van der Waals surface area contributed by atoms with E-state index in [0.29, 0.717) is 55.1 Å². The monoisotopic (exact) mass is 647 g/mol. The van der Waals surface area contributed by atoms with Gasteiger partial charge in [-0.05, 0) is 36.4 Å². The molecule has 0 saturated carbocycles. The van der Waals surface area contributed by atoms with E-state index in [4.69, 9.17) is 14.5 Å². The topological polar surface area (TPSA) is 112 Å². The third-order valence-corrected chi connectivity index (χ3v) is 7.81. The number of morpholine rings is 1. The Morgan fingerprint density at radius 3 is 2.51 bits per heavy atom. The van der Waals surface area contributed by atoms with E-state index >= 15 is 0 Å². The van der Waals surface area contributed by atoms with E-state index in [0.717, 1.165) is 30.9 Å². The first-order chi connectivity index (χ1) is 22.7. The summed E-state index contributed by atoms with van der Waals surface area (Å²) in [6.07, 6.45) is -2.93. The van der Waals surface area contributed by atoms with Crippen LogP contribution >= 0.6 is 0 Å². The Kier molecular flexibility index (Phi) is 9.22. The SMILES string of the molecule is COc1cc(NC(=O)c2cccc(C(F)(F)F)c2)cc(N2Cc3cnc(Nc4ccccc4)nc3N(CCN3CCOCC3)C2=O)c1. The minimum absolute atomic E-state index is 0.127. The number of hydrogen-bond acceptors (Lipinski definition) is 8. The number of ether oxygens (including phenoxy) is 2. The van der Waals surface area contributed by atoms with Gasteiger partial charge in [0.2, 0.25) is 5.95 Å². The van der Waals surface area contributed by atoms with Crippen molar-refractivity contribution in [1.29, 1.82) is 0 Å². The molecule has 0 spiro atoms. The van der Waals surface area contributed by atoms with Gasteiger partial charge in [0, 0.05) is 67.0 Å². The van der Waals surface area contributed by atoms with Crippen LogP contribution in [0.15, 0.2) is 79.0 Å². The van der Waals surface area contributed by atoms with Gasteiger partial charge in [0.25, 0.3) is 5.91 Å². The van der Waals surface area contributed by atoms with Crippen LogP contribution in [-0.2, 0) is 17.5 Å². The number of nitrogens with one attached hydrogen (secondary N) is 2. The molecule has 0 aliphatic carbocycles. The second-order valence-corrected chi connectivity index (χ2v) is 11.0. The number of para-hydroxylation sites is 1. The Morgan fingerprint density at radius 2 is 1.77 bits per heavy atom. The van der Waals surface area contributed by atoms with Crippen LogP contribution in [0, 0.1) is 0 Å². The van der Waals surface area contributed by atoms with Gasteiger partial charge in [-0.1, -0.05) is 24.3 Å². The molecular weight excluding hydrogens is 615 g/mol. The smallest absolute Gasteiger partial charge is 0.416 e. The van der Waals surface area contributed by atoms with Crippen LogP contribution in [0.1, 0.15) is 21.5 Å². The molecule has 2 aliphatic heterocycles. The highest BCUT2D eigenvalue weighted by Crippen LogP contribution is 2.35. The number of nitrogens with zero attached hydrogens (tertiary/aromatic N) is 5. The van der Waals surface area contributed by atoms with Crippen molar-refractivity contribution >= 4 is 40.8 Å². The van der Waals surface area contributed by atoms with E-state index < -0.39 is 17.6 Å². The molecule has 4 aromatic rings. The maximum Gasteiger partial charge on any atom is 0.416 e. The molecule has 0 bridgehead atoms. The summed E-state index contributed by atoms with van der Waals surface area (Å²) in [4.78, 5) is 41.8. The van der Waals surface area contributed by atoms with Gasteiger partial charge < -0.3 is 20.1 Å². The molecule has 244 valence electrons. The van der Waals surface area contributed by atoms with Crippen LogP contribution in [0.25, 0.3) is 0 Å². The molecule has 3 aromatic carbocycles. The lowest BCUT2D eigenvalue weighted by molar-refractivity contribution is -0.137. The van der Waals surface area contributed by atoms with Crippen LogP contribution < -0.4 is 25.2 Å². The van der Waals surface area contributed by atoms with Gasteiger partial charge >= 0.3 is 12.2 Å². The number of halogens is 3. The average molecular weight is 648 g/mol. The van der Waals surface area contributed by atoms with Gasteiger partial charge in [0.1, 0.15) is 11.6 Å². The first-order valence-electron chi connectivity index (χ1n) is 14.9. The number of methoxy groups -OCH3 is 1. The maximum absolute atomic E-state index is 14.2. The quantitative estimate of drug-likeness (QED) is 0.235. The second kappa shape index (κ2) is 13.6. The molecule has 2 aliphatic rings. The van der Waals surface area contributed by atoms with Crippen molar-refractivity contribution in [2.24, 2.45) is 0 Å². The Bertz CT molecular complexity index is 1750. The van der Waals surface area contributed by atoms with Crippen molar-refractivity contribution in [3.63, 3.8) is 0 Å². The lowest BCUT2D eigenvalue weighted by Crippen LogP contribution is -2.51. The fourth-order valence-corrected chi connectivity index (χ4v) is 5.37. The highest BCUT2D eigenvalue weighted by molar-refractivity contribution is 6.07. The molecule has 3 amide bonds. The molecule has 0 atom stereocenters. The van der Waals surface area contributed by atoms with Crippen molar-refractivity contribution in [3.05, 3.63) is 95.7 Å². The van der Waals surface area contributed by atoms with Crippen LogP contribution in [0.4, 0.5) is 46.8 Å². The predicted molar refractivity (Wildman–Crippen MR) is 170 cm³/mol. The van der Waals surface area contributed by atoms with E-state index in [1.165, 1.54) is 30.2 Å². The number of urea groups is 1. The van der Waals surface area contributed by atoms with Crippen molar-refractivity contribution in [3.8, 4) is 5.75 Å². The fraction of sp³-hybridized carbons (Fsp3) is 0.273. The number of carbonyl (C=O) groups excluding carboxylic acids is 2. The number of carbonyl (C=O) groups is 2. The highest BCUT2D eigenvalue weighted by Gasteiger charge is 2.34. The molecular formula is C33H32F3N7O4. The van der Waals surface area contributed by atoms with E-state index in [-0.39, 0.29) is 23.8 Å². The third-order valence-electron chi connectivity index (χ3n) is 7.81. The number of hydrogen-bond donors (Lipinski definition) is 2. The van der Waals surface area contributed by atoms with E-state index in [2.05, 4.69) is 20.5 Å². The summed E-state index contributed by atoms with van der Waals surface area (Å²) in [6.45, 7) is 3.77. The minimum atomic E-state index is -4.60. The molecule has 1 saturated heterocycles. The predicted octanol–water partition coefficient (Wildman–Crippen LogP) is 5.78. The van der Waals surface area contributed by atoms with E-state index in [1.807, 2.05) is 30.3 Å². The Labute approximate surface area is 268 Å². The Hall–Kier alpha value is -5.21. The molecule has 47 heavy (non-hydrogen) atoms. The summed E-state index contributed by atoms with van der Waals surface area (Å²) in [5.74, 6) is 0.408. The Morgan fingerprint density at radius 1 is 0.979 bits per heavy atom.